The Bertz CT molecular complexity index is 1630. The van der Waals surface area contributed by atoms with Crippen LogP contribution in [0.15, 0.2) is 48.7 Å². The predicted octanol–water partition coefficient (Wildman–Crippen LogP) is 4.17. The summed E-state index contributed by atoms with van der Waals surface area (Å²) in [5.41, 5.74) is 11.5. The number of primary amides is 1. The zero-order valence-electron chi connectivity index (χ0n) is 22.1. The molecule has 2 saturated carbocycles. The number of carbonyl (C=O) groups excluding carboxylic acids is 1. The van der Waals surface area contributed by atoms with Crippen LogP contribution in [-0.2, 0) is 7.05 Å². The Balaban J connectivity index is 1.34. The number of aryl methyl sites for hydroxylation is 1. The first kappa shape index (κ1) is 25.7. The van der Waals surface area contributed by atoms with Gasteiger partial charge >= 0.3 is 0 Å². The first-order valence-corrected chi connectivity index (χ1v) is 14.5. The van der Waals surface area contributed by atoms with Gasteiger partial charge in [-0.25, -0.2) is 4.98 Å². The topological polar surface area (TPSA) is 157 Å². The van der Waals surface area contributed by atoms with Gasteiger partial charge in [0.05, 0.1) is 35.2 Å². The van der Waals surface area contributed by atoms with E-state index in [2.05, 4.69) is 38.0 Å². The monoisotopic (exact) mass is 553 g/mol. The molecule has 0 aliphatic heterocycles. The van der Waals surface area contributed by atoms with E-state index in [-0.39, 0.29) is 19.4 Å². The van der Waals surface area contributed by atoms with E-state index < -0.39 is 5.91 Å². The molecule has 0 atom stereocenters. The second kappa shape index (κ2) is 10.5. The Morgan fingerprint density at radius 1 is 1.10 bits per heavy atom. The number of carbonyl (C=O) groups is 1. The molecule has 6 rings (SSSR count). The summed E-state index contributed by atoms with van der Waals surface area (Å²) >= 11 is 0. The fourth-order valence-corrected chi connectivity index (χ4v) is 8.26. The summed E-state index contributed by atoms with van der Waals surface area (Å²) in [6.45, 7) is 0. The third-order valence-corrected chi connectivity index (χ3v) is 10.5. The van der Waals surface area contributed by atoms with Crippen molar-refractivity contribution in [2.24, 2.45) is 12.8 Å². The average molecular weight is 554 g/mol. The van der Waals surface area contributed by atoms with Crippen LogP contribution >= 0.6 is 7.92 Å². The van der Waals surface area contributed by atoms with Crippen LogP contribution in [0.25, 0.3) is 11.3 Å². The minimum atomic E-state index is -0.741. The maximum absolute atomic E-state index is 12.2. The number of aromatic nitrogens is 5. The number of ether oxygens (including phenoxy) is 1. The molecule has 3 heterocycles. The lowest BCUT2D eigenvalue weighted by Gasteiger charge is -2.16. The van der Waals surface area contributed by atoms with Gasteiger partial charge in [-0.15, -0.1) is 10.2 Å². The molecule has 3 aromatic heterocycles. The molecule has 2 aliphatic rings. The summed E-state index contributed by atoms with van der Waals surface area (Å²) in [6.07, 6.45) is 6.85. The molecular weight excluding hydrogens is 525 g/mol. The Kier molecular flexibility index (Phi) is 6.78. The van der Waals surface area contributed by atoms with Gasteiger partial charge in [-0.3, -0.25) is 9.48 Å². The zero-order valence-corrected chi connectivity index (χ0v) is 23.0. The number of anilines is 4. The SMILES string of the molecule is COc1c(Nc2cc(Nc3ncccc3C#N)nnc2C(N)=O)cccc1-c1cc(P(C2CC2)C2CC2)n(C)n1. The minimum absolute atomic E-state index is 0.0424. The number of rotatable bonds is 10. The number of methoxy groups -OCH3 is 1. The van der Waals surface area contributed by atoms with Crippen LogP contribution in [0.4, 0.5) is 23.0 Å². The van der Waals surface area contributed by atoms with Gasteiger partial charge in [-0.1, -0.05) is 6.07 Å². The summed E-state index contributed by atoms with van der Waals surface area (Å²) in [5.74, 6) is 0.434. The van der Waals surface area contributed by atoms with Crippen molar-refractivity contribution < 1.29 is 9.53 Å². The van der Waals surface area contributed by atoms with Gasteiger partial charge in [0.15, 0.2) is 17.3 Å². The Morgan fingerprint density at radius 3 is 2.55 bits per heavy atom. The molecule has 40 heavy (non-hydrogen) atoms. The standard InChI is InChI=1S/C28H28N9O2P/c1-37-24(40(17-8-9-17)18-10-11-18)14-21(36-37)19-6-3-7-20(26(19)39-2)32-22-13-23(34-35-25(22)27(30)38)33-28-16(15-29)5-4-12-31-28/h3-7,12-14,17-18H,8-11H2,1-2H3,(H2,30,38)(H2,31,32,33,34). The van der Waals surface area contributed by atoms with Gasteiger partial charge in [-0.05, 0) is 75.3 Å². The number of benzene rings is 1. The van der Waals surface area contributed by atoms with Crippen LogP contribution in [0.1, 0.15) is 41.7 Å². The third-order valence-electron chi connectivity index (χ3n) is 6.97. The number of pyridine rings is 1. The number of nitrogens with two attached hydrogens (primary N) is 1. The number of nitriles is 1. The lowest BCUT2D eigenvalue weighted by atomic mass is 10.1. The molecule has 0 spiro atoms. The summed E-state index contributed by atoms with van der Waals surface area (Å²) < 4.78 is 7.91. The molecule has 0 radical (unpaired) electrons. The fourth-order valence-electron chi connectivity index (χ4n) is 4.86. The largest absolute Gasteiger partial charge is 0.494 e. The van der Waals surface area contributed by atoms with Crippen LogP contribution in [0.5, 0.6) is 5.75 Å². The lowest BCUT2D eigenvalue weighted by Crippen LogP contribution is -2.17. The van der Waals surface area contributed by atoms with Crippen LogP contribution < -0.4 is 26.5 Å². The van der Waals surface area contributed by atoms with Crippen LogP contribution in [0.3, 0.4) is 0 Å². The van der Waals surface area contributed by atoms with Crippen molar-refractivity contribution in [3.05, 3.63) is 59.9 Å². The first-order chi connectivity index (χ1) is 19.5. The van der Waals surface area contributed by atoms with Crippen molar-refractivity contribution in [3.8, 4) is 23.1 Å². The highest BCUT2D eigenvalue weighted by Gasteiger charge is 2.43. The normalized spacial score (nSPS) is 14.6. The van der Waals surface area contributed by atoms with E-state index in [0.717, 1.165) is 22.6 Å². The van der Waals surface area contributed by atoms with Gasteiger partial charge in [0.2, 0.25) is 0 Å². The molecule has 1 aromatic carbocycles. The molecule has 1 amide bonds. The Morgan fingerprint density at radius 2 is 1.88 bits per heavy atom. The third kappa shape index (κ3) is 5.06. The lowest BCUT2D eigenvalue weighted by molar-refractivity contribution is 0.0995. The van der Waals surface area contributed by atoms with Crippen LogP contribution in [0.2, 0.25) is 0 Å². The van der Waals surface area contributed by atoms with E-state index in [1.54, 1.807) is 31.5 Å². The van der Waals surface area contributed by atoms with Gasteiger partial charge in [0, 0.05) is 24.9 Å². The second-order valence-corrected chi connectivity index (χ2v) is 12.6. The van der Waals surface area contributed by atoms with Crippen LogP contribution in [0, 0.1) is 11.3 Å². The van der Waals surface area contributed by atoms with E-state index >= 15 is 0 Å². The van der Waals surface area contributed by atoms with Gasteiger partial charge < -0.3 is 21.1 Å². The molecule has 4 aromatic rings. The highest BCUT2D eigenvalue weighted by Crippen LogP contribution is 2.63. The highest BCUT2D eigenvalue weighted by molar-refractivity contribution is 7.67. The molecule has 11 nitrogen and oxygen atoms in total. The van der Waals surface area contributed by atoms with Crippen molar-refractivity contribution in [2.45, 2.75) is 37.0 Å². The molecule has 4 N–H and O–H groups in total. The molecule has 202 valence electrons. The fraction of sp³-hybridized carbons (Fsp3) is 0.286. The van der Waals surface area contributed by atoms with E-state index in [4.69, 9.17) is 15.6 Å². The van der Waals surface area contributed by atoms with Gasteiger partial charge in [0.1, 0.15) is 11.9 Å². The molecule has 0 unspecified atom stereocenters. The summed E-state index contributed by atoms with van der Waals surface area (Å²) in [7, 11) is 3.44. The molecule has 2 fully saturated rings. The molecule has 0 bridgehead atoms. The molecule has 2 aliphatic carbocycles. The Labute approximate surface area is 232 Å². The van der Waals surface area contributed by atoms with Gasteiger partial charge in [-0.2, -0.15) is 10.4 Å². The second-order valence-electron chi connectivity index (χ2n) is 9.88. The van der Waals surface area contributed by atoms with Crippen molar-refractivity contribution in [2.75, 3.05) is 17.7 Å². The minimum Gasteiger partial charge on any atom is -0.494 e. The number of hydrogen-bond donors (Lipinski definition) is 3. The molecule has 0 saturated heterocycles. The van der Waals surface area contributed by atoms with E-state index in [9.17, 15) is 10.1 Å². The zero-order chi connectivity index (χ0) is 27.8. The van der Waals surface area contributed by atoms with Crippen molar-refractivity contribution in [1.29, 1.82) is 5.26 Å². The molecular formula is C28H28N9O2P. The summed E-state index contributed by atoms with van der Waals surface area (Å²) in [6, 6.07) is 14.9. The van der Waals surface area contributed by atoms with E-state index in [1.165, 1.54) is 31.1 Å². The van der Waals surface area contributed by atoms with Crippen LogP contribution in [-0.4, -0.2) is 49.3 Å². The van der Waals surface area contributed by atoms with Crippen molar-refractivity contribution in [1.82, 2.24) is 25.0 Å². The molecule has 12 heteroatoms. The number of hydrogen-bond acceptors (Lipinski definition) is 9. The quantitative estimate of drug-likeness (QED) is 0.245. The smallest absolute Gasteiger partial charge is 0.271 e. The first-order valence-electron chi connectivity index (χ1n) is 13.0. The van der Waals surface area contributed by atoms with E-state index in [0.29, 0.717) is 28.5 Å². The van der Waals surface area contributed by atoms with E-state index in [1.807, 2.05) is 29.9 Å². The average Bonchev–Trinajstić information content (AvgIpc) is 3.89. The van der Waals surface area contributed by atoms with Gasteiger partial charge in [0.25, 0.3) is 5.91 Å². The predicted molar refractivity (Wildman–Crippen MR) is 154 cm³/mol. The number of para-hydroxylation sites is 1. The van der Waals surface area contributed by atoms with Crippen molar-refractivity contribution in [3.63, 3.8) is 0 Å². The summed E-state index contributed by atoms with van der Waals surface area (Å²) in [4.78, 5) is 16.4. The number of nitrogens with one attached hydrogen (secondary N) is 2. The number of nitrogens with zero attached hydrogens (tertiary/aromatic N) is 6. The Hall–Kier alpha value is -4.55. The number of amides is 1. The highest BCUT2D eigenvalue weighted by atomic mass is 31.1. The van der Waals surface area contributed by atoms with Crippen molar-refractivity contribution >= 4 is 42.3 Å². The maximum atomic E-state index is 12.2. The maximum Gasteiger partial charge on any atom is 0.271 e. The summed E-state index contributed by atoms with van der Waals surface area (Å²) in [5, 5.41) is 28.6.